The summed E-state index contributed by atoms with van der Waals surface area (Å²) >= 11 is 0. The second kappa shape index (κ2) is 3.12. The zero-order valence-electron chi connectivity index (χ0n) is 10.6. The van der Waals surface area contributed by atoms with Crippen molar-refractivity contribution in [1.29, 1.82) is 0 Å². The van der Waals surface area contributed by atoms with Gasteiger partial charge < -0.3 is 0 Å². The van der Waals surface area contributed by atoms with E-state index in [0.717, 1.165) is 35.5 Å². The van der Waals surface area contributed by atoms with Gasteiger partial charge in [-0.15, -0.1) is 0 Å². The largest absolute Gasteiger partial charge is 0.0710 e. The lowest BCUT2D eigenvalue weighted by molar-refractivity contribution is 0.133. The molecular weight excluding hydrogens is 180 g/mol. The van der Waals surface area contributed by atoms with Crippen molar-refractivity contribution >= 4 is 0 Å². The molecule has 3 rings (SSSR count). The predicted octanol–water partition coefficient (Wildman–Crippen LogP) is 4.27. The highest BCUT2D eigenvalue weighted by molar-refractivity contribution is 5.26. The standard InChI is InChI=1S/C15H24/c1-8-9(2)11(4)15-13-6-5-12(7-13)14(15)10(8)3/h8,10,12-15H,5-7H2,1-4H3. The molecule has 0 nitrogen and oxygen atoms in total. The Bertz CT molecular complexity index is 312. The Morgan fingerprint density at radius 1 is 0.933 bits per heavy atom. The number of rotatable bonds is 0. The summed E-state index contributed by atoms with van der Waals surface area (Å²) in [5, 5.41) is 0. The summed E-state index contributed by atoms with van der Waals surface area (Å²) in [5.41, 5.74) is 3.49. The van der Waals surface area contributed by atoms with Gasteiger partial charge in [-0.25, -0.2) is 0 Å². The Morgan fingerprint density at radius 3 is 2.33 bits per heavy atom. The molecule has 0 amide bonds. The number of allylic oxidation sites excluding steroid dienone is 2. The minimum absolute atomic E-state index is 0.839. The third-order valence-corrected chi connectivity index (χ3v) is 6.18. The van der Waals surface area contributed by atoms with Crippen molar-refractivity contribution in [3.8, 4) is 0 Å². The topological polar surface area (TPSA) is 0 Å². The van der Waals surface area contributed by atoms with Crippen molar-refractivity contribution in [2.45, 2.75) is 47.0 Å². The minimum Gasteiger partial charge on any atom is -0.0710 e. The second-order valence-electron chi connectivity index (χ2n) is 6.45. The summed E-state index contributed by atoms with van der Waals surface area (Å²) in [6.07, 6.45) is 4.61. The van der Waals surface area contributed by atoms with Crippen LogP contribution in [0.2, 0.25) is 0 Å². The molecule has 2 fully saturated rings. The van der Waals surface area contributed by atoms with E-state index < -0.39 is 0 Å². The number of hydrogen-bond acceptors (Lipinski definition) is 0. The Hall–Kier alpha value is -0.260. The van der Waals surface area contributed by atoms with Crippen LogP contribution in [0, 0.1) is 35.5 Å². The highest BCUT2D eigenvalue weighted by Crippen LogP contribution is 2.61. The molecular formula is C15H24. The fourth-order valence-corrected chi connectivity index (χ4v) is 5.08. The average Bonchev–Trinajstić information content (AvgIpc) is 2.82. The first-order valence-corrected chi connectivity index (χ1v) is 6.78. The maximum atomic E-state index is 2.51. The van der Waals surface area contributed by atoms with E-state index in [-0.39, 0.29) is 0 Å². The first-order valence-electron chi connectivity index (χ1n) is 6.78. The molecule has 2 saturated carbocycles. The van der Waals surface area contributed by atoms with Gasteiger partial charge in [0.2, 0.25) is 0 Å². The zero-order valence-corrected chi connectivity index (χ0v) is 10.6. The molecule has 0 radical (unpaired) electrons. The Labute approximate surface area is 94.1 Å². The van der Waals surface area contributed by atoms with Crippen molar-refractivity contribution in [2.24, 2.45) is 35.5 Å². The monoisotopic (exact) mass is 204 g/mol. The van der Waals surface area contributed by atoms with E-state index in [1.54, 1.807) is 17.6 Å². The van der Waals surface area contributed by atoms with Crippen LogP contribution in [-0.2, 0) is 0 Å². The van der Waals surface area contributed by atoms with E-state index in [1.165, 1.54) is 12.8 Å². The molecule has 0 spiro atoms. The van der Waals surface area contributed by atoms with Gasteiger partial charge in [-0.05, 0) is 68.6 Å². The van der Waals surface area contributed by atoms with Crippen molar-refractivity contribution in [3.63, 3.8) is 0 Å². The van der Waals surface area contributed by atoms with Crippen LogP contribution in [0.5, 0.6) is 0 Å². The van der Waals surface area contributed by atoms with Crippen LogP contribution in [0.15, 0.2) is 11.1 Å². The van der Waals surface area contributed by atoms with Gasteiger partial charge in [0.15, 0.2) is 0 Å². The lowest BCUT2D eigenvalue weighted by Crippen LogP contribution is -2.36. The van der Waals surface area contributed by atoms with Gasteiger partial charge in [0.05, 0.1) is 0 Å². The lowest BCUT2D eigenvalue weighted by atomic mass is 9.61. The van der Waals surface area contributed by atoms with Crippen LogP contribution < -0.4 is 0 Å². The third kappa shape index (κ3) is 1.14. The summed E-state index contributed by atoms with van der Waals surface area (Å²) in [7, 11) is 0. The van der Waals surface area contributed by atoms with Gasteiger partial charge in [-0.3, -0.25) is 0 Å². The van der Waals surface area contributed by atoms with Crippen molar-refractivity contribution in [2.75, 3.05) is 0 Å². The van der Waals surface area contributed by atoms with Crippen LogP contribution in [0.25, 0.3) is 0 Å². The molecule has 0 heteroatoms. The molecule has 15 heavy (non-hydrogen) atoms. The summed E-state index contributed by atoms with van der Waals surface area (Å²) in [6.45, 7) is 9.78. The van der Waals surface area contributed by atoms with Gasteiger partial charge in [-0.2, -0.15) is 0 Å². The molecule has 0 aliphatic heterocycles. The van der Waals surface area contributed by atoms with Crippen LogP contribution in [-0.4, -0.2) is 0 Å². The number of hydrogen-bond donors (Lipinski definition) is 0. The minimum atomic E-state index is 0.839. The van der Waals surface area contributed by atoms with E-state index in [1.807, 2.05) is 0 Å². The summed E-state index contributed by atoms with van der Waals surface area (Å²) in [4.78, 5) is 0. The first-order chi connectivity index (χ1) is 7.11. The third-order valence-electron chi connectivity index (χ3n) is 6.18. The van der Waals surface area contributed by atoms with Crippen molar-refractivity contribution in [3.05, 3.63) is 11.1 Å². The fourth-order valence-electron chi connectivity index (χ4n) is 5.08. The molecule has 0 saturated heterocycles. The van der Waals surface area contributed by atoms with E-state index >= 15 is 0 Å². The molecule has 6 unspecified atom stereocenters. The predicted molar refractivity (Wildman–Crippen MR) is 64.5 cm³/mol. The summed E-state index contributed by atoms with van der Waals surface area (Å²) < 4.78 is 0. The highest BCUT2D eigenvalue weighted by Gasteiger charge is 2.52. The molecule has 2 bridgehead atoms. The van der Waals surface area contributed by atoms with Gasteiger partial charge in [0.25, 0.3) is 0 Å². The summed E-state index contributed by atoms with van der Waals surface area (Å²) in [6, 6.07) is 0. The SMILES string of the molecule is CC1=C(C)C2C3CCC(C3)C2C(C)C1C. The molecule has 0 aromatic heterocycles. The van der Waals surface area contributed by atoms with Crippen LogP contribution in [0.4, 0.5) is 0 Å². The van der Waals surface area contributed by atoms with E-state index in [2.05, 4.69) is 27.7 Å². The first kappa shape index (κ1) is 9.93. The zero-order chi connectivity index (χ0) is 10.7. The molecule has 0 aromatic carbocycles. The molecule has 0 heterocycles. The lowest BCUT2D eigenvalue weighted by Gasteiger charge is -2.44. The number of fused-ring (bicyclic) bond motifs is 5. The van der Waals surface area contributed by atoms with Crippen molar-refractivity contribution < 1.29 is 0 Å². The Balaban J connectivity index is 2.04. The molecule has 0 N–H and O–H groups in total. The van der Waals surface area contributed by atoms with Crippen LogP contribution in [0.3, 0.4) is 0 Å². The van der Waals surface area contributed by atoms with E-state index in [4.69, 9.17) is 0 Å². The molecule has 0 aromatic rings. The van der Waals surface area contributed by atoms with E-state index in [0.29, 0.717) is 0 Å². The quantitative estimate of drug-likeness (QED) is 0.517. The molecule has 6 atom stereocenters. The second-order valence-corrected chi connectivity index (χ2v) is 6.45. The van der Waals surface area contributed by atoms with E-state index in [9.17, 15) is 0 Å². The van der Waals surface area contributed by atoms with Crippen molar-refractivity contribution in [1.82, 2.24) is 0 Å². The maximum Gasteiger partial charge on any atom is -0.0141 e. The van der Waals surface area contributed by atoms with Gasteiger partial charge >= 0.3 is 0 Å². The summed E-state index contributed by atoms with van der Waals surface area (Å²) in [5.74, 6) is 5.95. The molecule has 3 aliphatic carbocycles. The fraction of sp³-hybridized carbons (Fsp3) is 0.867. The molecule has 3 aliphatic rings. The van der Waals surface area contributed by atoms with Gasteiger partial charge in [0.1, 0.15) is 0 Å². The molecule has 84 valence electrons. The van der Waals surface area contributed by atoms with Crippen LogP contribution in [0.1, 0.15) is 47.0 Å². The Kier molecular flexibility index (Phi) is 2.06. The maximum absolute atomic E-state index is 2.51. The smallest absolute Gasteiger partial charge is 0.0141 e. The average molecular weight is 204 g/mol. The normalized spacial score (nSPS) is 53.6. The highest BCUT2D eigenvalue weighted by atomic mass is 14.6. The van der Waals surface area contributed by atoms with Gasteiger partial charge in [-0.1, -0.05) is 25.0 Å². The van der Waals surface area contributed by atoms with Gasteiger partial charge in [0, 0.05) is 0 Å². The Morgan fingerprint density at radius 2 is 1.60 bits per heavy atom. The van der Waals surface area contributed by atoms with Crippen LogP contribution >= 0.6 is 0 Å².